The van der Waals surface area contributed by atoms with E-state index < -0.39 is 0 Å². The zero-order valence-corrected chi connectivity index (χ0v) is 11.4. The molecule has 3 atom stereocenters. The smallest absolute Gasteiger partial charge is 0.129 e. The summed E-state index contributed by atoms with van der Waals surface area (Å²) in [5.41, 5.74) is 2.11. The Morgan fingerprint density at radius 3 is 2.60 bits per heavy atom. The molecule has 4 nitrogen and oxygen atoms in total. The van der Waals surface area contributed by atoms with Crippen LogP contribution >= 0.6 is 0 Å². The Bertz CT molecular complexity index is 569. The average Bonchev–Trinajstić information content (AvgIpc) is 3.15. The van der Waals surface area contributed by atoms with Crippen LogP contribution in [0, 0.1) is 11.8 Å². The Hall–Kier alpha value is -1.81. The van der Waals surface area contributed by atoms with Crippen molar-refractivity contribution in [3.05, 3.63) is 36.5 Å². The lowest BCUT2D eigenvalue weighted by molar-refractivity contribution is 0.200. The van der Waals surface area contributed by atoms with E-state index >= 15 is 0 Å². The minimum atomic E-state index is 0.358. The van der Waals surface area contributed by atoms with Crippen molar-refractivity contribution in [2.45, 2.75) is 18.9 Å². The third-order valence-corrected chi connectivity index (χ3v) is 4.58. The van der Waals surface area contributed by atoms with Crippen LogP contribution in [0.1, 0.15) is 12.8 Å². The van der Waals surface area contributed by atoms with E-state index in [0.29, 0.717) is 6.10 Å². The van der Waals surface area contributed by atoms with Crippen molar-refractivity contribution in [1.82, 2.24) is 15.5 Å². The van der Waals surface area contributed by atoms with Crippen LogP contribution in [0.2, 0.25) is 0 Å². The van der Waals surface area contributed by atoms with Gasteiger partial charge in [-0.1, -0.05) is 12.1 Å². The molecule has 0 bridgehead atoms. The maximum Gasteiger partial charge on any atom is 0.129 e. The number of hydrogen-bond donors (Lipinski definition) is 2. The van der Waals surface area contributed by atoms with Gasteiger partial charge < -0.3 is 10.1 Å². The number of benzene rings is 1. The SMILES string of the molecule is c1ccc(-c2ccn[nH]2)c(OC2C[C@H]3CNC[C@H]3C2)c1. The first-order valence-electron chi connectivity index (χ1n) is 7.36. The molecule has 1 aromatic heterocycles. The van der Waals surface area contributed by atoms with Gasteiger partial charge in [-0.3, -0.25) is 5.10 Å². The molecule has 2 fully saturated rings. The number of hydrogen-bond acceptors (Lipinski definition) is 3. The third kappa shape index (κ3) is 2.10. The van der Waals surface area contributed by atoms with Gasteiger partial charge in [0.15, 0.2) is 0 Å². The van der Waals surface area contributed by atoms with Crippen LogP contribution in [0.15, 0.2) is 36.5 Å². The highest BCUT2D eigenvalue weighted by molar-refractivity contribution is 5.66. The number of fused-ring (bicyclic) bond motifs is 1. The second kappa shape index (κ2) is 4.94. The molecule has 2 aromatic rings. The summed E-state index contributed by atoms with van der Waals surface area (Å²) in [6.45, 7) is 2.32. The van der Waals surface area contributed by atoms with Crippen LogP contribution in [-0.4, -0.2) is 29.4 Å². The Balaban J connectivity index is 1.55. The average molecular weight is 269 g/mol. The molecule has 104 valence electrons. The minimum absolute atomic E-state index is 0.358. The maximum absolute atomic E-state index is 6.29. The molecule has 0 amide bonds. The van der Waals surface area contributed by atoms with Gasteiger partial charge >= 0.3 is 0 Å². The molecule has 20 heavy (non-hydrogen) atoms. The van der Waals surface area contributed by atoms with Crippen LogP contribution in [0.4, 0.5) is 0 Å². The Morgan fingerprint density at radius 1 is 1.05 bits per heavy atom. The normalized spacial score (nSPS) is 28.5. The van der Waals surface area contributed by atoms with Gasteiger partial charge in [0.05, 0.1) is 11.8 Å². The lowest BCUT2D eigenvalue weighted by Crippen LogP contribution is -2.18. The Labute approximate surface area is 118 Å². The van der Waals surface area contributed by atoms with Gasteiger partial charge in [-0.25, -0.2) is 0 Å². The molecule has 4 rings (SSSR count). The first-order valence-corrected chi connectivity index (χ1v) is 7.36. The fourth-order valence-electron chi connectivity index (χ4n) is 3.58. The molecule has 0 radical (unpaired) electrons. The summed E-state index contributed by atoms with van der Waals surface area (Å²) < 4.78 is 6.29. The number of rotatable bonds is 3. The van der Waals surface area contributed by atoms with Crippen molar-refractivity contribution in [1.29, 1.82) is 0 Å². The lowest BCUT2D eigenvalue weighted by Gasteiger charge is -2.17. The number of nitrogens with one attached hydrogen (secondary N) is 2. The summed E-state index contributed by atoms with van der Waals surface area (Å²) in [5.74, 6) is 2.58. The van der Waals surface area contributed by atoms with E-state index in [9.17, 15) is 0 Å². The monoisotopic (exact) mass is 269 g/mol. The van der Waals surface area contributed by atoms with Crippen LogP contribution in [0.5, 0.6) is 5.75 Å². The molecule has 1 saturated carbocycles. The molecule has 4 heteroatoms. The van der Waals surface area contributed by atoms with E-state index in [1.54, 1.807) is 6.20 Å². The van der Waals surface area contributed by atoms with E-state index in [1.807, 2.05) is 18.2 Å². The maximum atomic E-state index is 6.29. The highest BCUT2D eigenvalue weighted by atomic mass is 16.5. The fourth-order valence-corrected chi connectivity index (χ4v) is 3.58. The molecule has 1 aliphatic heterocycles. The first-order chi connectivity index (χ1) is 9.90. The Morgan fingerprint density at radius 2 is 1.85 bits per heavy atom. The predicted octanol–water partition coefficient (Wildman–Crippen LogP) is 2.45. The van der Waals surface area contributed by atoms with Crippen molar-refractivity contribution < 1.29 is 4.74 Å². The summed E-state index contributed by atoms with van der Waals surface area (Å²) in [4.78, 5) is 0. The zero-order valence-electron chi connectivity index (χ0n) is 11.4. The lowest BCUT2D eigenvalue weighted by atomic mass is 10.0. The topological polar surface area (TPSA) is 49.9 Å². The van der Waals surface area contributed by atoms with Crippen molar-refractivity contribution in [3.63, 3.8) is 0 Å². The quantitative estimate of drug-likeness (QED) is 0.900. The van der Waals surface area contributed by atoms with E-state index in [4.69, 9.17) is 4.74 Å². The number of ether oxygens (including phenoxy) is 1. The highest BCUT2D eigenvalue weighted by Crippen LogP contribution is 2.38. The van der Waals surface area contributed by atoms with E-state index in [-0.39, 0.29) is 0 Å². The van der Waals surface area contributed by atoms with Crippen molar-refractivity contribution in [2.24, 2.45) is 11.8 Å². The second-order valence-corrected chi connectivity index (χ2v) is 5.86. The van der Waals surface area contributed by atoms with E-state index in [0.717, 1.165) is 41.9 Å². The number of aromatic nitrogens is 2. The first kappa shape index (κ1) is 12.0. The zero-order chi connectivity index (χ0) is 13.4. The largest absolute Gasteiger partial charge is 0.490 e. The van der Waals surface area contributed by atoms with Crippen LogP contribution in [-0.2, 0) is 0 Å². The van der Waals surface area contributed by atoms with E-state index in [1.165, 1.54) is 12.8 Å². The molecule has 2 heterocycles. The number of H-pyrrole nitrogens is 1. The van der Waals surface area contributed by atoms with Gasteiger partial charge in [0.25, 0.3) is 0 Å². The molecule has 2 N–H and O–H groups in total. The van der Waals surface area contributed by atoms with Gasteiger partial charge in [0.1, 0.15) is 5.75 Å². The molecule has 1 aliphatic carbocycles. The Kier molecular flexibility index (Phi) is 2.96. The van der Waals surface area contributed by atoms with Crippen molar-refractivity contribution in [2.75, 3.05) is 13.1 Å². The van der Waals surface area contributed by atoms with Gasteiger partial charge in [0.2, 0.25) is 0 Å². The number of aromatic amines is 1. The van der Waals surface area contributed by atoms with Crippen molar-refractivity contribution in [3.8, 4) is 17.0 Å². The minimum Gasteiger partial charge on any atom is -0.490 e. The van der Waals surface area contributed by atoms with Gasteiger partial charge in [-0.2, -0.15) is 5.10 Å². The summed E-state index contributed by atoms with van der Waals surface area (Å²) in [6, 6.07) is 10.2. The summed E-state index contributed by atoms with van der Waals surface area (Å²) in [6.07, 6.45) is 4.48. The molecule has 1 saturated heterocycles. The molecular formula is C16H19N3O. The second-order valence-electron chi connectivity index (χ2n) is 5.86. The standard InChI is InChI=1S/C16H19N3O/c1-2-4-16(14(3-1)15-5-6-18-19-15)20-13-7-11-9-17-10-12(11)8-13/h1-6,11-13,17H,7-10H2,(H,18,19)/t11-,12+,13?. The number of nitrogens with zero attached hydrogens (tertiary/aromatic N) is 1. The fraction of sp³-hybridized carbons (Fsp3) is 0.438. The van der Waals surface area contributed by atoms with Gasteiger partial charge in [0, 0.05) is 11.8 Å². The van der Waals surface area contributed by atoms with Crippen LogP contribution in [0.25, 0.3) is 11.3 Å². The summed E-state index contributed by atoms with van der Waals surface area (Å²) in [5, 5.41) is 10.5. The van der Waals surface area contributed by atoms with E-state index in [2.05, 4.69) is 27.6 Å². The molecule has 0 spiro atoms. The highest BCUT2D eigenvalue weighted by Gasteiger charge is 2.38. The van der Waals surface area contributed by atoms with Crippen molar-refractivity contribution >= 4 is 0 Å². The molecule has 1 unspecified atom stereocenters. The molecule has 1 aromatic carbocycles. The van der Waals surface area contributed by atoms with Gasteiger partial charge in [-0.05, 0) is 56.0 Å². The van der Waals surface area contributed by atoms with Crippen LogP contribution in [0.3, 0.4) is 0 Å². The molecule has 2 aliphatic rings. The van der Waals surface area contributed by atoms with Gasteiger partial charge in [-0.15, -0.1) is 0 Å². The summed E-state index contributed by atoms with van der Waals surface area (Å²) >= 11 is 0. The third-order valence-electron chi connectivity index (χ3n) is 4.58. The molecular weight excluding hydrogens is 250 g/mol. The number of para-hydroxylation sites is 1. The summed E-state index contributed by atoms with van der Waals surface area (Å²) in [7, 11) is 0. The predicted molar refractivity (Wildman–Crippen MR) is 77.5 cm³/mol. The van der Waals surface area contributed by atoms with Crippen LogP contribution < -0.4 is 10.1 Å².